The van der Waals surface area contributed by atoms with Gasteiger partial charge in [0.15, 0.2) is 0 Å². The van der Waals surface area contributed by atoms with Crippen LogP contribution >= 0.6 is 0 Å². The maximum Gasteiger partial charge on any atom is 0.337 e. The predicted octanol–water partition coefficient (Wildman–Crippen LogP) is 2.33. The summed E-state index contributed by atoms with van der Waals surface area (Å²) >= 11 is 0. The molecule has 0 heterocycles. The largest absolute Gasteiger partial charge is 0.465 e. The summed E-state index contributed by atoms with van der Waals surface area (Å²) in [6, 6.07) is 7.30. The van der Waals surface area contributed by atoms with E-state index in [0.29, 0.717) is 12.2 Å². The Morgan fingerprint density at radius 3 is 2.32 bits per heavy atom. The molecule has 0 N–H and O–H groups in total. The molecule has 0 amide bonds. The highest BCUT2D eigenvalue weighted by atomic mass is 16.5. The summed E-state index contributed by atoms with van der Waals surface area (Å²) in [6.07, 6.45) is 0. The highest BCUT2D eigenvalue weighted by Crippen LogP contribution is 2.07. The molecular weight excluding hydrogens is 242 g/mol. The second-order valence-electron chi connectivity index (χ2n) is 4.27. The van der Waals surface area contributed by atoms with Crippen LogP contribution in [0.1, 0.15) is 29.8 Å². The number of rotatable bonds is 8. The van der Waals surface area contributed by atoms with Crippen LogP contribution in [0.5, 0.6) is 0 Å². The zero-order chi connectivity index (χ0) is 14.1. The molecule has 0 saturated carbocycles. The first-order valence-electron chi connectivity index (χ1n) is 6.68. The van der Waals surface area contributed by atoms with Crippen molar-refractivity contribution in [3.05, 3.63) is 35.4 Å². The first-order chi connectivity index (χ1) is 9.21. The number of methoxy groups -OCH3 is 1. The third-order valence-corrected chi connectivity index (χ3v) is 3.09. The van der Waals surface area contributed by atoms with Crippen LogP contribution in [0.2, 0.25) is 0 Å². The molecule has 0 unspecified atom stereocenters. The lowest BCUT2D eigenvalue weighted by Crippen LogP contribution is -2.26. The average molecular weight is 265 g/mol. The Bertz CT molecular complexity index is 371. The molecule has 0 bridgehead atoms. The zero-order valence-electron chi connectivity index (χ0n) is 12.0. The smallest absolute Gasteiger partial charge is 0.337 e. The molecule has 0 fully saturated rings. The molecule has 0 atom stereocenters. The Balaban J connectivity index is 2.32. The summed E-state index contributed by atoms with van der Waals surface area (Å²) < 4.78 is 10.3. The second kappa shape index (κ2) is 8.67. The molecule has 0 aliphatic heterocycles. The fourth-order valence-corrected chi connectivity index (χ4v) is 1.78. The van der Waals surface area contributed by atoms with E-state index in [1.165, 1.54) is 7.11 Å². The van der Waals surface area contributed by atoms with Crippen LogP contribution in [0.4, 0.5) is 0 Å². The van der Waals surface area contributed by atoms with Gasteiger partial charge in [0.25, 0.3) is 0 Å². The number of esters is 1. The van der Waals surface area contributed by atoms with E-state index < -0.39 is 0 Å². The minimum atomic E-state index is -0.311. The maximum atomic E-state index is 11.3. The zero-order valence-corrected chi connectivity index (χ0v) is 12.0. The van der Waals surface area contributed by atoms with Crippen molar-refractivity contribution in [1.82, 2.24) is 4.90 Å². The Kier molecular flexibility index (Phi) is 7.15. The lowest BCUT2D eigenvalue weighted by molar-refractivity contribution is 0.0600. The van der Waals surface area contributed by atoms with Crippen LogP contribution in [0.3, 0.4) is 0 Å². The topological polar surface area (TPSA) is 38.8 Å². The molecule has 0 aliphatic carbocycles. The molecule has 1 rings (SSSR count). The van der Waals surface area contributed by atoms with Gasteiger partial charge in [-0.3, -0.25) is 0 Å². The average Bonchev–Trinajstić information content (AvgIpc) is 2.47. The van der Waals surface area contributed by atoms with Crippen molar-refractivity contribution < 1.29 is 14.3 Å². The highest BCUT2D eigenvalue weighted by Gasteiger charge is 2.04. The van der Waals surface area contributed by atoms with E-state index in [2.05, 4.69) is 23.5 Å². The van der Waals surface area contributed by atoms with Crippen LogP contribution in [0.15, 0.2) is 24.3 Å². The molecule has 0 spiro atoms. The van der Waals surface area contributed by atoms with Crippen molar-refractivity contribution in [3.8, 4) is 0 Å². The van der Waals surface area contributed by atoms with Gasteiger partial charge in [0.1, 0.15) is 0 Å². The standard InChI is InChI=1S/C15H23NO3/c1-4-16(5-2)10-11-19-12-13-6-8-14(9-7-13)15(17)18-3/h6-9H,4-5,10-12H2,1-3H3. The monoisotopic (exact) mass is 265 g/mol. The third kappa shape index (κ3) is 5.41. The Hall–Kier alpha value is -1.39. The normalized spacial score (nSPS) is 10.7. The Morgan fingerprint density at radius 2 is 1.79 bits per heavy atom. The number of ether oxygens (including phenoxy) is 2. The number of carbonyl (C=O) groups is 1. The van der Waals surface area contributed by atoms with Gasteiger partial charge in [-0.15, -0.1) is 0 Å². The van der Waals surface area contributed by atoms with Gasteiger partial charge in [-0.05, 0) is 30.8 Å². The molecule has 1 aromatic carbocycles. The quantitative estimate of drug-likeness (QED) is 0.534. The van der Waals surface area contributed by atoms with Crippen LogP contribution in [-0.2, 0) is 16.1 Å². The van der Waals surface area contributed by atoms with Crippen LogP contribution < -0.4 is 0 Å². The van der Waals surface area contributed by atoms with E-state index in [-0.39, 0.29) is 5.97 Å². The summed E-state index contributed by atoms with van der Waals surface area (Å²) in [5.74, 6) is -0.311. The summed E-state index contributed by atoms with van der Waals surface area (Å²) in [6.45, 7) is 8.64. The lowest BCUT2D eigenvalue weighted by Gasteiger charge is -2.17. The maximum absolute atomic E-state index is 11.3. The number of hydrogen-bond donors (Lipinski definition) is 0. The SMILES string of the molecule is CCN(CC)CCOCc1ccc(C(=O)OC)cc1. The van der Waals surface area contributed by atoms with Gasteiger partial charge in [-0.2, -0.15) is 0 Å². The molecule has 0 aromatic heterocycles. The van der Waals surface area contributed by atoms with Crippen LogP contribution in [-0.4, -0.2) is 44.2 Å². The van der Waals surface area contributed by atoms with Gasteiger partial charge in [0.2, 0.25) is 0 Å². The van der Waals surface area contributed by atoms with Crippen molar-refractivity contribution in [2.24, 2.45) is 0 Å². The molecule has 0 radical (unpaired) electrons. The summed E-state index contributed by atoms with van der Waals surface area (Å²) in [7, 11) is 1.38. The predicted molar refractivity (Wildman–Crippen MR) is 75.2 cm³/mol. The number of carbonyl (C=O) groups excluding carboxylic acids is 1. The van der Waals surface area contributed by atoms with Crippen molar-refractivity contribution in [1.29, 1.82) is 0 Å². The first kappa shape index (κ1) is 15.7. The van der Waals surface area contributed by atoms with Crippen molar-refractivity contribution in [2.45, 2.75) is 20.5 Å². The van der Waals surface area contributed by atoms with Crippen molar-refractivity contribution in [3.63, 3.8) is 0 Å². The molecular formula is C15H23NO3. The summed E-state index contributed by atoms with van der Waals surface area (Å²) in [5.41, 5.74) is 1.63. The Labute approximate surface area is 115 Å². The van der Waals surface area contributed by atoms with E-state index in [4.69, 9.17) is 4.74 Å². The lowest BCUT2D eigenvalue weighted by atomic mass is 10.1. The number of nitrogens with zero attached hydrogens (tertiary/aromatic N) is 1. The van der Waals surface area contributed by atoms with E-state index >= 15 is 0 Å². The molecule has 19 heavy (non-hydrogen) atoms. The minimum Gasteiger partial charge on any atom is -0.465 e. The van der Waals surface area contributed by atoms with Gasteiger partial charge in [-0.25, -0.2) is 4.79 Å². The highest BCUT2D eigenvalue weighted by molar-refractivity contribution is 5.89. The van der Waals surface area contributed by atoms with E-state index in [0.717, 1.165) is 31.8 Å². The molecule has 1 aromatic rings. The number of likely N-dealkylation sites (N-methyl/N-ethyl adjacent to an activating group) is 1. The van der Waals surface area contributed by atoms with Gasteiger partial charge >= 0.3 is 5.97 Å². The first-order valence-corrected chi connectivity index (χ1v) is 6.68. The Morgan fingerprint density at radius 1 is 1.16 bits per heavy atom. The van der Waals surface area contributed by atoms with E-state index in [9.17, 15) is 4.79 Å². The van der Waals surface area contributed by atoms with E-state index in [1.807, 2.05) is 12.1 Å². The summed E-state index contributed by atoms with van der Waals surface area (Å²) in [4.78, 5) is 13.6. The second-order valence-corrected chi connectivity index (χ2v) is 4.27. The van der Waals surface area contributed by atoms with Gasteiger partial charge in [-0.1, -0.05) is 26.0 Å². The van der Waals surface area contributed by atoms with Gasteiger partial charge in [0.05, 0.1) is 25.9 Å². The molecule has 4 heteroatoms. The third-order valence-electron chi connectivity index (χ3n) is 3.09. The van der Waals surface area contributed by atoms with Gasteiger partial charge in [0, 0.05) is 6.54 Å². The van der Waals surface area contributed by atoms with Crippen molar-refractivity contribution >= 4 is 5.97 Å². The fraction of sp³-hybridized carbons (Fsp3) is 0.533. The summed E-state index contributed by atoms with van der Waals surface area (Å²) in [5, 5.41) is 0. The minimum absolute atomic E-state index is 0.311. The molecule has 0 aliphatic rings. The van der Waals surface area contributed by atoms with Crippen LogP contribution in [0.25, 0.3) is 0 Å². The molecule has 106 valence electrons. The van der Waals surface area contributed by atoms with Crippen LogP contribution in [0, 0.1) is 0 Å². The molecule has 4 nitrogen and oxygen atoms in total. The van der Waals surface area contributed by atoms with Gasteiger partial charge < -0.3 is 14.4 Å². The van der Waals surface area contributed by atoms with Crippen molar-refractivity contribution in [2.75, 3.05) is 33.4 Å². The number of hydrogen-bond acceptors (Lipinski definition) is 4. The van der Waals surface area contributed by atoms with E-state index in [1.54, 1.807) is 12.1 Å². The molecule has 0 saturated heterocycles. The number of benzene rings is 1. The fourth-order valence-electron chi connectivity index (χ4n) is 1.78.